The molecule has 5 aromatic rings. The molecule has 11 heteroatoms. The molecule has 6 heterocycles. The number of H-pyrrole nitrogens is 1. The summed E-state index contributed by atoms with van der Waals surface area (Å²) >= 11 is 1.19. The maximum atomic E-state index is 14.3. The summed E-state index contributed by atoms with van der Waals surface area (Å²) in [5.41, 5.74) is 3.16. The molecule has 0 aromatic carbocycles. The molecular formula is C21H15FN8OS. The van der Waals surface area contributed by atoms with E-state index in [1.54, 1.807) is 35.8 Å². The van der Waals surface area contributed by atoms with Crippen LogP contribution in [0.2, 0.25) is 0 Å². The summed E-state index contributed by atoms with van der Waals surface area (Å²) < 4.78 is 15.8. The van der Waals surface area contributed by atoms with Crippen LogP contribution in [-0.4, -0.2) is 52.1 Å². The molecule has 0 aliphatic carbocycles. The van der Waals surface area contributed by atoms with Crippen LogP contribution in [0.15, 0.2) is 55.1 Å². The maximum absolute atomic E-state index is 14.3. The first-order chi connectivity index (χ1) is 15.7. The van der Waals surface area contributed by atoms with Crippen molar-refractivity contribution >= 4 is 22.8 Å². The molecular weight excluding hydrogens is 431 g/mol. The van der Waals surface area contributed by atoms with Gasteiger partial charge in [0.1, 0.15) is 23.1 Å². The van der Waals surface area contributed by atoms with Gasteiger partial charge in [0, 0.05) is 31.1 Å². The predicted molar refractivity (Wildman–Crippen MR) is 113 cm³/mol. The van der Waals surface area contributed by atoms with E-state index in [9.17, 15) is 9.18 Å². The smallest absolute Gasteiger partial charge is 0.285 e. The Morgan fingerprint density at radius 3 is 2.97 bits per heavy atom. The molecule has 0 spiro atoms. The fourth-order valence-corrected chi connectivity index (χ4v) is 4.73. The van der Waals surface area contributed by atoms with Crippen LogP contribution >= 0.6 is 11.3 Å². The second-order valence-corrected chi connectivity index (χ2v) is 8.28. The molecule has 0 bridgehead atoms. The molecule has 0 saturated heterocycles. The van der Waals surface area contributed by atoms with Gasteiger partial charge >= 0.3 is 0 Å². The van der Waals surface area contributed by atoms with Crippen molar-refractivity contribution in [3.63, 3.8) is 0 Å². The lowest BCUT2D eigenvalue weighted by Gasteiger charge is -2.33. The van der Waals surface area contributed by atoms with E-state index < -0.39 is 6.04 Å². The molecule has 1 unspecified atom stereocenters. The highest BCUT2D eigenvalue weighted by molar-refractivity contribution is 7.16. The van der Waals surface area contributed by atoms with Gasteiger partial charge in [0.2, 0.25) is 5.01 Å². The van der Waals surface area contributed by atoms with E-state index in [0.29, 0.717) is 40.6 Å². The second kappa shape index (κ2) is 7.31. The van der Waals surface area contributed by atoms with Gasteiger partial charge in [0.05, 0.1) is 17.7 Å². The minimum Gasteiger partial charge on any atom is -0.348 e. The SMILES string of the molecule is O=C(c1nnc(-c2ccccn2)s1)N1CCc2[nH]cnc2C1c1cc2c(F)cccn2n1. The van der Waals surface area contributed by atoms with Crippen LogP contribution in [-0.2, 0) is 6.42 Å². The van der Waals surface area contributed by atoms with Crippen LogP contribution < -0.4 is 0 Å². The van der Waals surface area contributed by atoms with Gasteiger partial charge in [-0.05, 0) is 30.3 Å². The van der Waals surface area contributed by atoms with Crippen LogP contribution in [0.1, 0.15) is 32.9 Å². The minimum absolute atomic E-state index is 0.254. The van der Waals surface area contributed by atoms with Gasteiger partial charge in [0.15, 0.2) is 5.01 Å². The average Bonchev–Trinajstić information content (AvgIpc) is 3.58. The minimum atomic E-state index is -0.570. The normalized spacial score (nSPS) is 15.8. The van der Waals surface area contributed by atoms with Crippen LogP contribution in [0.25, 0.3) is 16.2 Å². The molecule has 1 aliphatic rings. The number of carbonyl (C=O) groups is 1. The molecule has 6 rings (SSSR count). The molecule has 0 fully saturated rings. The van der Waals surface area contributed by atoms with Crippen molar-refractivity contribution in [3.8, 4) is 10.7 Å². The number of nitrogens with zero attached hydrogens (tertiary/aromatic N) is 7. The first-order valence-electron chi connectivity index (χ1n) is 9.91. The number of carbonyl (C=O) groups excluding carboxylic acids is 1. The van der Waals surface area contributed by atoms with Crippen molar-refractivity contribution in [2.24, 2.45) is 0 Å². The number of rotatable bonds is 3. The molecule has 5 aromatic heterocycles. The Morgan fingerprint density at radius 2 is 2.12 bits per heavy atom. The van der Waals surface area contributed by atoms with Crippen LogP contribution in [0.5, 0.6) is 0 Å². The van der Waals surface area contributed by atoms with Crippen molar-refractivity contribution < 1.29 is 9.18 Å². The van der Waals surface area contributed by atoms with Crippen molar-refractivity contribution in [3.05, 3.63) is 83.0 Å². The standard InChI is InChI=1S/C21H15FN8OS/c22-12-4-3-8-30-16(12)10-15(28-30)18-17-13(24-11-25-17)6-9-29(18)21(31)20-27-26-19(32-20)14-5-1-2-7-23-14/h1-5,7-8,10-11,18H,6,9H2,(H,24,25). The summed E-state index contributed by atoms with van der Waals surface area (Å²) in [5.74, 6) is -0.660. The third-order valence-electron chi connectivity index (χ3n) is 5.43. The number of nitrogens with one attached hydrogen (secondary N) is 1. The zero-order valence-electron chi connectivity index (χ0n) is 16.5. The Morgan fingerprint density at radius 1 is 1.19 bits per heavy atom. The van der Waals surface area contributed by atoms with Crippen molar-refractivity contribution in [2.75, 3.05) is 6.54 Å². The van der Waals surface area contributed by atoms with E-state index in [0.717, 1.165) is 5.69 Å². The van der Waals surface area contributed by atoms with Gasteiger partial charge in [-0.1, -0.05) is 17.4 Å². The van der Waals surface area contributed by atoms with Crippen LogP contribution in [0.4, 0.5) is 4.39 Å². The van der Waals surface area contributed by atoms with E-state index in [1.807, 2.05) is 18.2 Å². The number of amides is 1. The Hall–Kier alpha value is -3.99. The Balaban J connectivity index is 1.41. The number of halogens is 1. The molecule has 1 N–H and O–H groups in total. The molecule has 1 atom stereocenters. The summed E-state index contributed by atoms with van der Waals surface area (Å²) in [6, 6.07) is 9.54. The quantitative estimate of drug-likeness (QED) is 0.457. The number of imidazole rings is 1. The molecule has 0 radical (unpaired) electrons. The number of pyridine rings is 2. The Bertz CT molecular complexity index is 1440. The molecule has 1 amide bonds. The number of fused-ring (bicyclic) bond motifs is 2. The Labute approximate surface area is 184 Å². The van der Waals surface area contributed by atoms with Gasteiger partial charge in [-0.15, -0.1) is 10.2 Å². The number of aromatic amines is 1. The fraction of sp³-hybridized carbons (Fsp3) is 0.143. The lowest BCUT2D eigenvalue weighted by molar-refractivity contribution is 0.0685. The Kier molecular flexibility index (Phi) is 4.28. The van der Waals surface area contributed by atoms with Gasteiger partial charge in [0.25, 0.3) is 5.91 Å². The van der Waals surface area contributed by atoms with E-state index in [1.165, 1.54) is 21.9 Å². The van der Waals surface area contributed by atoms with Crippen LogP contribution in [0.3, 0.4) is 0 Å². The zero-order valence-corrected chi connectivity index (χ0v) is 17.3. The zero-order chi connectivity index (χ0) is 21.7. The van der Waals surface area contributed by atoms with E-state index in [2.05, 4.69) is 30.2 Å². The summed E-state index contributed by atoms with van der Waals surface area (Å²) in [6.07, 6.45) is 5.56. The van der Waals surface area contributed by atoms with Gasteiger partial charge in [-0.2, -0.15) is 5.10 Å². The second-order valence-electron chi connectivity index (χ2n) is 7.30. The monoisotopic (exact) mass is 446 g/mol. The van der Waals surface area contributed by atoms with Crippen LogP contribution in [0, 0.1) is 5.82 Å². The first kappa shape index (κ1) is 18.8. The van der Waals surface area contributed by atoms with E-state index >= 15 is 0 Å². The predicted octanol–water partition coefficient (Wildman–Crippen LogP) is 2.90. The third kappa shape index (κ3) is 2.97. The lowest BCUT2D eigenvalue weighted by atomic mass is 9.99. The molecule has 9 nitrogen and oxygen atoms in total. The van der Waals surface area contributed by atoms with Crippen molar-refractivity contribution in [2.45, 2.75) is 12.5 Å². The largest absolute Gasteiger partial charge is 0.348 e. The summed E-state index contributed by atoms with van der Waals surface area (Å²) in [7, 11) is 0. The maximum Gasteiger partial charge on any atom is 0.285 e. The molecule has 0 saturated carbocycles. The van der Waals surface area contributed by atoms with Crippen molar-refractivity contribution in [1.29, 1.82) is 0 Å². The topological polar surface area (TPSA) is 105 Å². The summed E-state index contributed by atoms with van der Waals surface area (Å²) in [4.78, 5) is 27.0. The highest BCUT2D eigenvalue weighted by atomic mass is 32.1. The summed E-state index contributed by atoms with van der Waals surface area (Å²) in [5, 5.41) is 13.6. The van der Waals surface area contributed by atoms with Crippen molar-refractivity contribution in [1.82, 2.24) is 39.7 Å². The third-order valence-corrected chi connectivity index (χ3v) is 6.36. The average molecular weight is 446 g/mol. The van der Waals surface area contributed by atoms with Gasteiger partial charge in [-0.3, -0.25) is 9.78 Å². The van der Waals surface area contributed by atoms with E-state index in [-0.39, 0.29) is 16.7 Å². The van der Waals surface area contributed by atoms with E-state index in [4.69, 9.17) is 0 Å². The molecule has 32 heavy (non-hydrogen) atoms. The molecule has 1 aliphatic heterocycles. The van der Waals surface area contributed by atoms with Gasteiger partial charge in [-0.25, -0.2) is 13.9 Å². The number of aromatic nitrogens is 7. The first-order valence-corrected chi connectivity index (χ1v) is 10.7. The summed E-state index contributed by atoms with van der Waals surface area (Å²) in [6.45, 7) is 0.438. The number of hydrogen-bond acceptors (Lipinski definition) is 7. The highest BCUT2D eigenvalue weighted by Gasteiger charge is 2.37. The molecule has 158 valence electrons. The fourth-order valence-electron chi connectivity index (χ4n) is 3.95. The number of hydrogen-bond donors (Lipinski definition) is 1. The highest BCUT2D eigenvalue weighted by Crippen LogP contribution is 2.35. The van der Waals surface area contributed by atoms with Gasteiger partial charge < -0.3 is 9.88 Å². The lowest BCUT2D eigenvalue weighted by Crippen LogP contribution is -2.41.